The third-order valence-corrected chi connectivity index (χ3v) is 6.52. The van der Waals surface area contributed by atoms with Gasteiger partial charge in [-0.2, -0.15) is 0 Å². The molecule has 2 saturated heterocycles. The fraction of sp³-hybridized carbons (Fsp3) is 0.696. The van der Waals surface area contributed by atoms with Crippen molar-refractivity contribution < 1.29 is 23.7 Å². The molecule has 0 spiro atoms. The summed E-state index contributed by atoms with van der Waals surface area (Å²) in [6.45, 7) is 4.87. The van der Waals surface area contributed by atoms with E-state index >= 15 is 0 Å². The van der Waals surface area contributed by atoms with Gasteiger partial charge >= 0.3 is 0 Å². The highest BCUT2D eigenvalue weighted by Gasteiger charge is 2.34. The molecule has 3 aliphatic rings. The standard InChI is InChI=1S/C23H34N2O5/c1-27-13-5-12-25(15-18-6-4-11-24-10-3-2-7-20(18)24)23(26)16-28-19-8-9-21-22(14-19)30-17-29-21/h8-9,14,18,20H,2-7,10-13,15-17H2,1H3/t18-,20+/m1/s1. The third-order valence-electron chi connectivity index (χ3n) is 6.52. The van der Waals surface area contributed by atoms with Crippen molar-refractivity contribution in [2.75, 3.05) is 53.3 Å². The van der Waals surface area contributed by atoms with Crippen LogP contribution in [-0.4, -0.2) is 75.0 Å². The number of hydrogen-bond acceptors (Lipinski definition) is 6. The zero-order chi connectivity index (χ0) is 20.8. The summed E-state index contributed by atoms with van der Waals surface area (Å²) in [6, 6.07) is 6.04. The highest BCUT2D eigenvalue weighted by atomic mass is 16.7. The van der Waals surface area contributed by atoms with E-state index in [1.165, 1.54) is 45.2 Å². The lowest BCUT2D eigenvalue weighted by molar-refractivity contribution is -0.135. The highest BCUT2D eigenvalue weighted by molar-refractivity contribution is 5.77. The number of hydrogen-bond donors (Lipinski definition) is 0. The molecule has 2 atom stereocenters. The summed E-state index contributed by atoms with van der Waals surface area (Å²) in [4.78, 5) is 17.7. The fourth-order valence-corrected chi connectivity index (χ4v) is 4.99. The van der Waals surface area contributed by atoms with Crippen LogP contribution in [0.5, 0.6) is 17.2 Å². The van der Waals surface area contributed by atoms with Crippen LogP contribution in [0.3, 0.4) is 0 Å². The first kappa shape index (κ1) is 21.2. The van der Waals surface area contributed by atoms with Gasteiger partial charge in [-0.05, 0) is 63.2 Å². The maximum Gasteiger partial charge on any atom is 0.260 e. The Morgan fingerprint density at radius 2 is 2.03 bits per heavy atom. The second-order valence-electron chi connectivity index (χ2n) is 8.49. The Bertz CT molecular complexity index is 711. The number of methoxy groups -OCH3 is 1. The van der Waals surface area contributed by atoms with Crippen LogP contribution in [0, 0.1) is 5.92 Å². The lowest BCUT2D eigenvalue weighted by Crippen LogP contribution is -2.52. The van der Waals surface area contributed by atoms with Crippen molar-refractivity contribution in [1.29, 1.82) is 0 Å². The number of amides is 1. The summed E-state index contributed by atoms with van der Waals surface area (Å²) in [5.74, 6) is 2.59. The molecule has 0 radical (unpaired) electrons. The van der Waals surface area contributed by atoms with Crippen LogP contribution in [0.2, 0.25) is 0 Å². The zero-order valence-electron chi connectivity index (χ0n) is 18.0. The second kappa shape index (κ2) is 10.4. The Morgan fingerprint density at radius 3 is 2.93 bits per heavy atom. The molecular weight excluding hydrogens is 384 g/mol. The second-order valence-corrected chi connectivity index (χ2v) is 8.49. The minimum Gasteiger partial charge on any atom is -0.484 e. The normalized spacial score (nSPS) is 23.1. The lowest BCUT2D eigenvalue weighted by atomic mass is 9.83. The molecule has 7 heteroatoms. The van der Waals surface area contributed by atoms with Gasteiger partial charge in [-0.3, -0.25) is 4.79 Å². The molecule has 166 valence electrons. The van der Waals surface area contributed by atoms with Crippen LogP contribution in [0.4, 0.5) is 0 Å². The molecular formula is C23H34N2O5. The van der Waals surface area contributed by atoms with Gasteiger partial charge in [0.1, 0.15) is 5.75 Å². The van der Waals surface area contributed by atoms with Gasteiger partial charge in [-0.25, -0.2) is 0 Å². The van der Waals surface area contributed by atoms with Gasteiger partial charge in [0.15, 0.2) is 18.1 Å². The van der Waals surface area contributed by atoms with E-state index in [4.69, 9.17) is 18.9 Å². The number of nitrogens with zero attached hydrogens (tertiary/aromatic N) is 2. The van der Waals surface area contributed by atoms with Gasteiger partial charge in [0.25, 0.3) is 5.91 Å². The largest absolute Gasteiger partial charge is 0.484 e. The van der Waals surface area contributed by atoms with Crippen molar-refractivity contribution in [3.05, 3.63) is 18.2 Å². The van der Waals surface area contributed by atoms with E-state index in [1.807, 2.05) is 17.0 Å². The maximum atomic E-state index is 13.1. The Morgan fingerprint density at radius 1 is 1.17 bits per heavy atom. The third kappa shape index (κ3) is 5.19. The maximum absolute atomic E-state index is 13.1. The summed E-state index contributed by atoms with van der Waals surface area (Å²) < 4.78 is 21.7. The van der Waals surface area contributed by atoms with Crippen LogP contribution >= 0.6 is 0 Å². The van der Waals surface area contributed by atoms with Gasteiger partial charge < -0.3 is 28.7 Å². The first-order valence-electron chi connectivity index (χ1n) is 11.3. The quantitative estimate of drug-likeness (QED) is 0.575. The smallest absolute Gasteiger partial charge is 0.260 e. The number of piperidine rings is 2. The summed E-state index contributed by atoms with van der Waals surface area (Å²) in [6.07, 6.45) is 7.16. The number of rotatable bonds is 9. The Balaban J connectivity index is 1.36. The molecule has 0 bridgehead atoms. The highest BCUT2D eigenvalue weighted by Crippen LogP contribution is 2.35. The minimum absolute atomic E-state index is 0.0354. The van der Waals surface area contributed by atoms with Gasteiger partial charge in [0.05, 0.1) is 0 Å². The molecule has 0 aliphatic carbocycles. The summed E-state index contributed by atoms with van der Waals surface area (Å²) in [7, 11) is 1.70. The molecule has 2 fully saturated rings. The van der Waals surface area contributed by atoms with Crippen molar-refractivity contribution in [3.8, 4) is 17.2 Å². The molecule has 0 aromatic heterocycles. The molecule has 1 aromatic carbocycles. The number of benzene rings is 1. The van der Waals surface area contributed by atoms with Crippen molar-refractivity contribution in [2.45, 2.75) is 44.6 Å². The van der Waals surface area contributed by atoms with Crippen LogP contribution in [-0.2, 0) is 9.53 Å². The molecule has 3 heterocycles. The van der Waals surface area contributed by atoms with E-state index in [9.17, 15) is 4.79 Å². The SMILES string of the molecule is COCCCN(C[C@H]1CCCN2CCCC[C@@H]12)C(=O)COc1ccc2c(c1)OCO2. The van der Waals surface area contributed by atoms with E-state index in [1.54, 1.807) is 13.2 Å². The van der Waals surface area contributed by atoms with Gasteiger partial charge in [-0.15, -0.1) is 0 Å². The van der Waals surface area contributed by atoms with E-state index in [-0.39, 0.29) is 19.3 Å². The average molecular weight is 419 g/mol. The average Bonchev–Trinajstić information content (AvgIpc) is 3.25. The van der Waals surface area contributed by atoms with Crippen molar-refractivity contribution in [1.82, 2.24) is 9.80 Å². The Labute approximate surface area is 179 Å². The van der Waals surface area contributed by atoms with Gasteiger partial charge in [-0.1, -0.05) is 6.42 Å². The van der Waals surface area contributed by atoms with Gasteiger partial charge in [0, 0.05) is 38.9 Å². The van der Waals surface area contributed by atoms with E-state index in [0.717, 1.165) is 13.0 Å². The topological polar surface area (TPSA) is 60.5 Å². The fourth-order valence-electron chi connectivity index (χ4n) is 4.99. The Hall–Kier alpha value is -1.99. The summed E-state index contributed by atoms with van der Waals surface area (Å²) in [5.41, 5.74) is 0. The molecule has 1 amide bonds. The first-order chi connectivity index (χ1) is 14.7. The molecule has 3 aliphatic heterocycles. The molecule has 30 heavy (non-hydrogen) atoms. The molecule has 1 aromatic rings. The van der Waals surface area contributed by atoms with Crippen LogP contribution < -0.4 is 14.2 Å². The molecule has 4 rings (SSSR count). The molecule has 0 saturated carbocycles. The predicted octanol–water partition coefficient (Wildman–Crippen LogP) is 2.92. The van der Waals surface area contributed by atoms with Crippen molar-refractivity contribution in [3.63, 3.8) is 0 Å². The van der Waals surface area contributed by atoms with E-state index in [2.05, 4.69) is 4.90 Å². The van der Waals surface area contributed by atoms with Crippen LogP contribution in [0.25, 0.3) is 0 Å². The van der Waals surface area contributed by atoms with Crippen LogP contribution in [0.1, 0.15) is 38.5 Å². The van der Waals surface area contributed by atoms with E-state index in [0.29, 0.717) is 42.4 Å². The van der Waals surface area contributed by atoms with E-state index < -0.39 is 0 Å². The molecule has 0 N–H and O–H groups in total. The number of fused-ring (bicyclic) bond motifs is 2. The van der Waals surface area contributed by atoms with Crippen molar-refractivity contribution in [2.24, 2.45) is 5.92 Å². The monoisotopic (exact) mass is 418 g/mol. The first-order valence-corrected chi connectivity index (χ1v) is 11.3. The summed E-state index contributed by atoms with van der Waals surface area (Å²) in [5, 5.41) is 0. The summed E-state index contributed by atoms with van der Waals surface area (Å²) >= 11 is 0. The molecule has 7 nitrogen and oxygen atoms in total. The number of ether oxygens (including phenoxy) is 4. The minimum atomic E-state index is 0.0354. The van der Waals surface area contributed by atoms with Crippen molar-refractivity contribution >= 4 is 5.91 Å². The zero-order valence-corrected chi connectivity index (χ0v) is 18.0. The number of carbonyl (C=O) groups is 1. The van der Waals surface area contributed by atoms with Gasteiger partial charge in [0.2, 0.25) is 6.79 Å². The number of carbonyl (C=O) groups excluding carboxylic acids is 1. The Kier molecular flexibility index (Phi) is 7.33. The van der Waals surface area contributed by atoms with Crippen LogP contribution in [0.15, 0.2) is 18.2 Å². The predicted molar refractivity (Wildman–Crippen MR) is 113 cm³/mol. The lowest BCUT2D eigenvalue weighted by Gasteiger charge is -2.45. The molecule has 0 unspecified atom stereocenters.